The largest absolute Gasteiger partial charge is 0.419 e. The van der Waals surface area contributed by atoms with Gasteiger partial charge in [-0.2, -0.15) is 0 Å². The highest BCUT2D eigenvalue weighted by Gasteiger charge is 2.18. The Bertz CT molecular complexity index is 833. The van der Waals surface area contributed by atoms with Crippen molar-refractivity contribution in [1.82, 2.24) is 15.1 Å². The molecule has 2 aromatic carbocycles. The number of aromatic nitrogens is 2. The lowest BCUT2D eigenvalue weighted by molar-refractivity contribution is 0.0769. The van der Waals surface area contributed by atoms with Crippen LogP contribution in [0.3, 0.4) is 0 Å². The van der Waals surface area contributed by atoms with Gasteiger partial charge in [-0.1, -0.05) is 30.3 Å². The lowest BCUT2D eigenvalue weighted by Gasteiger charge is -2.16. The summed E-state index contributed by atoms with van der Waals surface area (Å²) in [6.07, 6.45) is 1.95. The molecule has 0 aliphatic rings. The van der Waals surface area contributed by atoms with E-state index in [2.05, 4.69) is 10.2 Å². The van der Waals surface area contributed by atoms with E-state index >= 15 is 0 Å². The Labute approximate surface area is 144 Å². The van der Waals surface area contributed by atoms with E-state index in [1.165, 1.54) is 0 Å². The molecule has 0 N–H and O–H groups in total. The first-order chi connectivity index (χ1) is 11.7. The fourth-order valence-corrected chi connectivity index (χ4v) is 2.91. The van der Waals surface area contributed by atoms with Gasteiger partial charge in [0.2, 0.25) is 11.8 Å². The molecular formula is C18H17N3O2S. The normalized spacial score (nSPS) is 10.6. The second kappa shape index (κ2) is 7.31. The molecule has 3 rings (SSSR count). The summed E-state index contributed by atoms with van der Waals surface area (Å²) in [5.74, 6) is 0.793. The Morgan fingerprint density at radius 3 is 2.54 bits per heavy atom. The molecule has 24 heavy (non-hydrogen) atoms. The van der Waals surface area contributed by atoms with Crippen molar-refractivity contribution in [3.8, 4) is 11.5 Å². The van der Waals surface area contributed by atoms with Crippen molar-refractivity contribution < 1.29 is 9.21 Å². The van der Waals surface area contributed by atoms with E-state index in [9.17, 15) is 4.79 Å². The van der Waals surface area contributed by atoms with Crippen LogP contribution < -0.4 is 0 Å². The van der Waals surface area contributed by atoms with Crippen LogP contribution in [0.15, 0.2) is 63.9 Å². The molecule has 1 heterocycles. The molecule has 1 amide bonds. The number of rotatable bonds is 5. The zero-order chi connectivity index (χ0) is 16.9. The summed E-state index contributed by atoms with van der Waals surface area (Å²) in [7, 11) is 1.73. The van der Waals surface area contributed by atoms with Gasteiger partial charge >= 0.3 is 0 Å². The van der Waals surface area contributed by atoms with Crippen LogP contribution in [-0.2, 0) is 6.54 Å². The van der Waals surface area contributed by atoms with Gasteiger partial charge in [-0.25, -0.2) is 0 Å². The third kappa shape index (κ3) is 3.49. The topological polar surface area (TPSA) is 59.2 Å². The van der Waals surface area contributed by atoms with Crippen molar-refractivity contribution in [2.75, 3.05) is 13.3 Å². The monoisotopic (exact) mass is 339 g/mol. The molecule has 1 aromatic heterocycles. The Balaban J connectivity index is 1.74. The smallest absolute Gasteiger partial charge is 0.255 e. The molecule has 0 saturated heterocycles. The van der Waals surface area contributed by atoms with E-state index in [1.807, 2.05) is 60.9 Å². The first-order valence-corrected chi connectivity index (χ1v) is 8.68. The lowest BCUT2D eigenvalue weighted by atomic mass is 10.2. The first-order valence-electron chi connectivity index (χ1n) is 7.45. The molecule has 0 spiro atoms. The van der Waals surface area contributed by atoms with Gasteiger partial charge in [-0.05, 0) is 30.5 Å². The van der Waals surface area contributed by atoms with E-state index < -0.39 is 0 Å². The molecule has 0 bridgehead atoms. The van der Waals surface area contributed by atoms with Crippen LogP contribution in [-0.4, -0.2) is 34.3 Å². The Morgan fingerprint density at radius 2 is 1.79 bits per heavy atom. The van der Waals surface area contributed by atoms with E-state index in [0.29, 0.717) is 17.3 Å². The summed E-state index contributed by atoms with van der Waals surface area (Å²) in [5, 5.41) is 8.08. The van der Waals surface area contributed by atoms with Gasteiger partial charge in [-0.3, -0.25) is 4.79 Å². The minimum absolute atomic E-state index is 0.0700. The number of carbonyl (C=O) groups excluding carboxylic acids is 1. The Hall–Kier alpha value is -2.60. The summed E-state index contributed by atoms with van der Waals surface area (Å²) in [6, 6.07) is 17.1. The maximum atomic E-state index is 12.6. The molecule has 0 radical (unpaired) electrons. The SMILES string of the molecule is CSc1ccccc1C(=O)N(C)Cc1nnc(-c2ccccc2)o1. The summed E-state index contributed by atoms with van der Waals surface area (Å²) in [6.45, 7) is 0.265. The molecule has 0 unspecified atom stereocenters. The number of hydrogen-bond donors (Lipinski definition) is 0. The highest BCUT2D eigenvalue weighted by atomic mass is 32.2. The van der Waals surface area contributed by atoms with Crippen LogP contribution in [0.25, 0.3) is 11.5 Å². The summed E-state index contributed by atoms with van der Waals surface area (Å²) in [5.41, 5.74) is 1.54. The Kier molecular flexibility index (Phi) is 4.96. The predicted molar refractivity (Wildman–Crippen MR) is 93.8 cm³/mol. The third-order valence-corrected chi connectivity index (χ3v) is 4.34. The quantitative estimate of drug-likeness (QED) is 0.663. The van der Waals surface area contributed by atoms with Crippen molar-refractivity contribution in [3.63, 3.8) is 0 Å². The minimum atomic E-state index is -0.0700. The van der Waals surface area contributed by atoms with Crippen molar-refractivity contribution in [2.45, 2.75) is 11.4 Å². The maximum Gasteiger partial charge on any atom is 0.255 e. The second-order valence-electron chi connectivity index (χ2n) is 5.23. The van der Waals surface area contributed by atoms with E-state index in [0.717, 1.165) is 10.5 Å². The molecule has 3 aromatic rings. The predicted octanol–water partition coefficient (Wildman–Crippen LogP) is 3.73. The van der Waals surface area contributed by atoms with E-state index in [-0.39, 0.29) is 12.5 Å². The van der Waals surface area contributed by atoms with Gasteiger partial charge in [0.05, 0.1) is 12.1 Å². The number of hydrogen-bond acceptors (Lipinski definition) is 5. The molecular weight excluding hydrogens is 322 g/mol. The highest BCUT2D eigenvalue weighted by Crippen LogP contribution is 2.22. The van der Waals surface area contributed by atoms with Gasteiger partial charge in [0, 0.05) is 17.5 Å². The Morgan fingerprint density at radius 1 is 1.08 bits per heavy atom. The fraction of sp³-hybridized carbons (Fsp3) is 0.167. The van der Waals surface area contributed by atoms with E-state index in [4.69, 9.17) is 4.42 Å². The van der Waals surface area contributed by atoms with Crippen molar-refractivity contribution in [1.29, 1.82) is 0 Å². The zero-order valence-corrected chi connectivity index (χ0v) is 14.3. The number of nitrogens with zero attached hydrogens (tertiary/aromatic N) is 3. The van der Waals surface area contributed by atoms with Gasteiger partial charge in [-0.15, -0.1) is 22.0 Å². The summed E-state index contributed by atoms with van der Waals surface area (Å²) >= 11 is 1.55. The molecule has 0 saturated carbocycles. The van der Waals surface area contributed by atoms with Crippen LogP contribution in [0.4, 0.5) is 0 Å². The van der Waals surface area contributed by atoms with Crippen LogP contribution in [0, 0.1) is 0 Å². The average Bonchev–Trinajstić information content (AvgIpc) is 3.10. The lowest BCUT2D eigenvalue weighted by Crippen LogP contribution is -2.26. The second-order valence-corrected chi connectivity index (χ2v) is 6.08. The molecule has 6 heteroatoms. The average molecular weight is 339 g/mol. The zero-order valence-electron chi connectivity index (χ0n) is 13.5. The highest BCUT2D eigenvalue weighted by molar-refractivity contribution is 7.98. The van der Waals surface area contributed by atoms with Gasteiger partial charge < -0.3 is 9.32 Å². The number of carbonyl (C=O) groups is 1. The van der Waals surface area contributed by atoms with Crippen LogP contribution in [0.1, 0.15) is 16.2 Å². The molecule has 0 atom stereocenters. The first kappa shape index (κ1) is 16.3. The fourth-order valence-electron chi connectivity index (χ4n) is 2.32. The minimum Gasteiger partial charge on any atom is -0.419 e. The van der Waals surface area contributed by atoms with Crippen LogP contribution in [0.2, 0.25) is 0 Å². The summed E-state index contributed by atoms with van der Waals surface area (Å²) in [4.78, 5) is 15.2. The van der Waals surface area contributed by atoms with Crippen molar-refractivity contribution in [2.24, 2.45) is 0 Å². The summed E-state index contributed by atoms with van der Waals surface area (Å²) < 4.78 is 5.66. The third-order valence-electron chi connectivity index (χ3n) is 3.54. The number of thioether (sulfide) groups is 1. The van der Waals surface area contributed by atoms with Gasteiger partial charge in [0.15, 0.2) is 0 Å². The van der Waals surface area contributed by atoms with E-state index in [1.54, 1.807) is 23.7 Å². The maximum absolute atomic E-state index is 12.6. The van der Waals surface area contributed by atoms with Crippen LogP contribution in [0.5, 0.6) is 0 Å². The molecule has 0 aliphatic heterocycles. The standard InChI is InChI=1S/C18H17N3O2S/c1-21(18(22)14-10-6-7-11-15(14)24-2)12-16-19-20-17(23-16)13-8-4-3-5-9-13/h3-11H,12H2,1-2H3. The molecule has 5 nitrogen and oxygen atoms in total. The molecule has 0 aliphatic carbocycles. The number of benzene rings is 2. The van der Waals surface area contributed by atoms with Gasteiger partial charge in [0.25, 0.3) is 5.91 Å². The molecule has 122 valence electrons. The number of amides is 1. The molecule has 0 fully saturated rings. The van der Waals surface area contributed by atoms with Crippen molar-refractivity contribution >= 4 is 17.7 Å². The van der Waals surface area contributed by atoms with Crippen molar-refractivity contribution in [3.05, 3.63) is 66.1 Å². The van der Waals surface area contributed by atoms with Gasteiger partial charge in [0.1, 0.15) is 0 Å². The van der Waals surface area contributed by atoms with Crippen LogP contribution >= 0.6 is 11.8 Å².